The van der Waals surface area contributed by atoms with Crippen LogP contribution in [0.2, 0.25) is 0 Å². The molecular formula is C39H46F3NO6. The summed E-state index contributed by atoms with van der Waals surface area (Å²) in [5.74, 6) is -1.46. The van der Waals surface area contributed by atoms with Gasteiger partial charge in [-0.05, 0) is 94.7 Å². The van der Waals surface area contributed by atoms with Crippen LogP contribution in [-0.4, -0.2) is 59.7 Å². The Kier molecular flexibility index (Phi) is 11.3. The van der Waals surface area contributed by atoms with Gasteiger partial charge in [-0.1, -0.05) is 54.6 Å². The van der Waals surface area contributed by atoms with Crippen molar-refractivity contribution in [3.05, 3.63) is 100 Å². The fourth-order valence-corrected chi connectivity index (χ4v) is 6.67. The summed E-state index contributed by atoms with van der Waals surface area (Å²) in [6.07, 6.45) is -2.74. The molecule has 1 aliphatic rings. The van der Waals surface area contributed by atoms with Gasteiger partial charge in [0.2, 0.25) is 5.91 Å². The zero-order valence-corrected chi connectivity index (χ0v) is 29.1. The van der Waals surface area contributed by atoms with E-state index >= 15 is 0 Å². The van der Waals surface area contributed by atoms with Crippen molar-refractivity contribution in [3.63, 3.8) is 0 Å². The van der Waals surface area contributed by atoms with E-state index in [2.05, 4.69) is 0 Å². The molecule has 0 aliphatic carbocycles. The molecule has 1 amide bonds. The maximum Gasteiger partial charge on any atom is 0.402 e. The smallest absolute Gasteiger partial charge is 0.402 e. The van der Waals surface area contributed by atoms with Gasteiger partial charge in [-0.3, -0.25) is 14.4 Å². The van der Waals surface area contributed by atoms with Crippen LogP contribution in [0.5, 0.6) is 5.75 Å². The maximum atomic E-state index is 14.2. The number of rotatable bonds is 13. The summed E-state index contributed by atoms with van der Waals surface area (Å²) in [6.45, 7) is 8.07. The molecule has 264 valence electrons. The fourth-order valence-electron chi connectivity index (χ4n) is 6.67. The van der Waals surface area contributed by atoms with Crippen LogP contribution in [0.15, 0.2) is 66.7 Å². The Morgan fingerprint density at radius 2 is 1.59 bits per heavy atom. The predicted molar refractivity (Wildman–Crippen MR) is 181 cm³/mol. The van der Waals surface area contributed by atoms with Crippen molar-refractivity contribution in [3.8, 4) is 5.75 Å². The average molecular weight is 682 g/mol. The van der Waals surface area contributed by atoms with Gasteiger partial charge in [0.25, 0.3) is 0 Å². The van der Waals surface area contributed by atoms with Crippen LogP contribution < -0.4 is 4.74 Å². The largest absolute Gasteiger partial charge is 0.497 e. The first kappa shape index (κ1) is 37.6. The third-order valence-corrected chi connectivity index (χ3v) is 9.68. The second-order valence-corrected chi connectivity index (χ2v) is 14.2. The summed E-state index contributed by atoms with van der Waals surface area (Å²) < 4.78 is 54.1. The molecule has 0 spiro atoms. The van der Waals surface area contributed by atoms with Gasteiger partial charge in [-0.2, -0.15) is 13.2 Å². The molecule has 0 radical (unpaired) electrons. The van der Waals surface area contributed by atoms with Crippen LogP contribution in [-0.2, 0) is 32.7 Å². The van der Waals surface area contributed by atoms with Crippen LogP contribution in [0.1, 0.15) is 91.6 Å². The second kappa shape index (κ2) is 14.7. The van der Waals surface area contributed by atoms with Crippen molar-refractivity contribution < 1.29 is 42.1 Å². The third kappa shape index (κ3) is 8.90. The molecule has 0 saturated carbocycles. The van der Waals surface area contributed by atoms with Crippen molar-refractivity contribution in [2.24, 2.45) is 5.41 Å². The summed E-state index contributed by atoms with van der Waals surface area (Å²) in [5, 5.41) is 8.93. The average Bonchev–Trinajstić information content (AvgIpc) is 3.04. The number of nitrogens with zero attached hydrogens (tertiary/aromatic N) is 1. The number of halogens is 3. The number of hydrogen-bond donors (Lipinski definition) is 1. The fraction of sp³-hybridized carbons (Fsp3) is 0.462. The number of carbonyl (C=O) groups excluding carboxylic acids is 2. The van der Waals surface area contributed by atoms with Crippen LogP contribution in [0.3, 0.4) is 0 Å². The number of ether oxygens (including phenoxy) is 2. The molecule has 1 aliphatic heterocycles. The lowest BCUT2D eigenvalue weighted by atomic mass is 9.67. The Balaban J connectivity index is 1.62. The van der Waals surface area contributed by atoms with E-state index in [1.54, 1.807) is 56.5 Å². The lowest BCUT2D eigenvalue weighted by Gasteiger charge is -2.46. The molecule has 1 fully saturated rings. The molecule has 7 nitrogen and oxygen atoms in total. The molecule has 1 saturated heterocycles. The topological polar surface area (TPSA) is 93.1 Å². The van der Waals surface area contributed by atoms with Crippen LogP contribution in [0, 0.1) is 12.3 Å². The number of carboxylic acid groups (broad SMARTS) is 1. The summed E-state index contributed by atoms with van der Waals surface area (Å²) in [7, 11) is 1.59. The molecule has 4 rings (SSSR count). The summed E-state index contributed by atoms with van der Waals surface area (Å²) in [4.78, 5) is 39.3. The summed E-state index contributed by atoms with van der Waals surface area (Å²) in [5.41, 5.74) is 0.366. The Morgan fingerprint density at radius 3 is 2.14 bits per heavy atom. The minimum absolute atomic E-state index is 0.0115. The van der Waals surface area contributed by atoms with E-state index in [4.69, 9.17) is 14.6 Å². The zero-order valence-electron chi connectivity index (χ0n) is 29.1. The Morgan fingerprint density at radius 1 is 0.959 bits per heavy atom. The van der Waals surface area contributed by atoms with Crippen molar-refractivity contribution in [1.82, 2.24) is 4.90 Å². The van der Waals surface area contributed by atoms with Crippen molar-refractivity contribution in [2.45, 2.75) is 90.5 Å². The molecule has 10 heteroatoms. The number of methoxy groups -OCH3 is 1. The van der Waals surface area contributed by atoms with Gasteiger partial charge in [0.05, 0.1) is 12.7 Å². The second-order valence-electron chi connectivity index (χ2n) is 14.2. The summed E-state index contributed by atoms with van der Waals surface area (Å²) in [6, 6.07) is 19.5. The van der Waals surface area contributed by atoms with Gasteiger partial charge < -0.3 is 19.5 Å². The highest BCUT2D eigenvalue weighted by molar-refractivity contribution is 6.09. The van der Waals surface area contributed by atoms with E-state index in [0.29, 0.717) is 60.3 Å². The van der Waals surface area contributed by atoms with E-state index in [1.807, 2.05) is 38.1 Å². The van der Waals surface area contributed by atoms with E-state index in [-0.39, 0.29) is 25.3 Å². The number of aryl methyl sites for hydroxylation is 2. The molecule has 1 N–H and O–H groups in total. The SMILES string of the molecule is COc1ccc(C2(CCN(Cc3ccc(C(=O)c4ccc(CCC(=O)O)cc4)c(C)c3)C(=O)C(C)(C)C(F)(F)F)CCOC(C)(C)C2)cc1. The van der Waals surface area contributed by atoms with Crippen molar-refractivity contribution in [1.29, 1.82) is 0 Å². The minimum atomic E-state index is -4.76. The van der Waals surface area contributed by atoms with Gasteiger partial charge in [0, 0.05) is 42.7 Å². The van der Waals surface area contributed by atoms with E-state index in [9.17, 15) is 27.6 Å². The highest BCUT2D eigenvalue weighted by Gasteiger charge is 2.54. The Labute approximate surface area is 286 Å². The number of alkyl halides is 3. The number of hydrogen-bond acceptors (Lipinski definition) is 5. The lowest BCUT2D eigenvalue weighted by molar-refractivity contribution is -0.217. The number of carboxylic acids is 1. The molecule has 3 aromatic rings. The normalized spacial score (nSPS) is 17.7. The van der Waals surface area contributed by atoms with Gasteiger partial charge in [-0.25, -0.2) is 0 Å². The summed E-state index contributed by atoms with van der Waals surface area (Å²) >= 11 is 0. The van der Waals surface area contributed by atoms with Gasteiger partial charge in [0.15, 0.2) is 5.78 Å². The lowest BCUT2D eigenvalue weighted by Crippen LogP contribution is -2.50. The molecular weight excluding hydrogens is 635 g/mol. The quantitative estimate of drug-likeness (QED) is 0.184. The van der Waals surface area contributed by atoms with E-state index in [1.165, 1.54) is 4.90 Å². The zero-order chi connectivity index (χ0) is 36.2. The van der Waals surface area contributed by atoms with Crippen LogP contribution in [0.4, 0.5) is 13.2 Å². The Bertz CT molecular complexity index is 1650. The highest BCUT2D eigenvalue weighted by Crippen LogP contribution is 2.45. The monoisotopic (exact) mass is 681 g/mol. The van der Waals surface area contributed by atoms with Gasteiger partial charge in [0.1, 0.15) is 11.2 Å². The van der Waals surface area contributed by atoms with Crippen molar-refractivity contribution in [2.75, 3.05) is 20.3 Å². The maximum absolute atomic E-state index is 14.2. The molecule has 1 unspecified atom stereocenters. The minimum Gasteiger partial charge on any atom is -0.497 e. The van der Waals surface area contributed by atoms with Gasteiger partial charge in [-0.15, -0.1) is 0 Å². The highest BCUT2D eigenvalue weighted by atomic mass is 19.4. The Hall–Kier alpha value is -4.18. The standard InChI is InChI=1S/C39H46F3NO6/c1-26-23-28(9-17-32(26)34(46)29-11-7-27(8-12-29)10-18-33(44)45)24-43(35(47)37(4,5)39(40,41)42)21-19-38(20-22-49-36(2,3)25-38)30-13-15-31(48-6)16-14-30/h7-9,11-17,23H,10,18-22,24-25H2,1-6H3,(H,44,45). The first-order valence-corrected chi connectivity index (χ1v) is 16.5. The first-order chi connectivity index (χ1) is 22.9. The number of carbonyl (C=O) groups is 3. The van der Waals surface area contributed by atoms with Crippen LogP contribution >= 0.6 is 0 Å². The third-order valence-electron chi connectivity index (χ3n) is 9.68. The molecule has 1 atom stereocenters. The van der Waals surface area contributed by atoms with Crippen LogP contribution in [0.25, 0.3) is 0 Å². The number of benzene rings is 3. The number of ketones is 1. The molecule has 3 aromatic carbocycles. The molecule has 49 heavy (non-hydrogen) atoms. The van der Waals surface area contributed by atoms with E-state index < -0.39 is 34.5 Å². The van der Waals surface area contributed by atoms with Gasteiger partial charge >= 0.3 is 12.1 Å². The molecule has 0 bridgehead atoms. The number of aliphatic carboxylic acids is 1. The number of amides is 1. The van der Waals surface area contributed by atoms with E-state index in [0.717, 1.165) is 25.0 Å². The van der Waals surface area contributed by atoms with Crippen molar-refractivity contribution >= 4 is 17.7 Å². The molecule has 1 heterocycles. The first-order valence-electron chi connectivity index (χ1n) is 16.5. The molecule has 0 aromatic heterocycles. The predicted octanol–water partition coefficient (Wildman–Crippen LogP) is 8.09.